The molecular formula is C23H25N3O2. The molecule has 3 aromatic rings. The minimum atomic E-state index is -0.154. The molecule has 0 saturated heterocycles. The fourth-order valence-corrected chi connectivity index (χ4v) is 2.91. The molecule has 0 aliphatic rings. The number of ether oxygens (including phenoxy) is 1. The quantitative estimate of drug-likeness (QED) is 0.501. The Labute approximate surface area is 165 Å². The summed E-state index contributed by atoms with van der Waals surface area (Å²) < 4.78 is 7.50. The predicted octanol–water partition coefficient (Wildman–Crippen LogP) is 4.01. The molecule has 5 nitrogen and oxygen atoms in total. The lowest BCUT2D eigenvalue weighted by atomic mass is 10.2. The van der Waals surface area contributed by atoms with Crippen molar-refractivity contribution in [3.8, 4) is 11.4 Å². The number of aryl methyl sites for hydroxylation is 2. The van der Waals surface area contributed by atoms with E-state index in [4.69, 9.17) is 4.74 Å². The molecule has 1 amide bonds. The molecule has 2 aromatic carbocycles. The smallest absolute Gasteiger partial charge is 0.244 e. The van der Waals surface area contributed by atoms with Crippen LogP contribution in [0, 0.1) is 20.8 Å². The maximum Gasteiger partial charge on any atom is 0.244 e. The third-order valence-corrected chi connectivity index (χ3v) is 4.44. The van der Waals surface area contributed by atoms with Gasteiger partial charge in [0.2, 0.25) is 5.91 Å². The van der Waals surface area contributed by atoms with Gasteiger partial charge in [-0.05, 0) is 51.1 Å². The van der Waals surface area contributed by atoms with Crippen LogP contribution in [-0.2, 0) is 4.79 Å². The highest BCUT2D eigenvalue weighted by atomic mass is 16.5. The molecule has 0 saturated carbocycles. The first-order valence-corrected chi connectivity index (χ1v) is 9.31. The number of carbonyl (C=O) groups is 1. The largest absolute Gasteiger partial charge is 0.492 e. The second kappa shape index (κ2) is 9.04. The molecule has 5 heteroatoms. The van der Waals surface area contributed by atoms with Crippen LogP contribution in [-0.4, -0.2) is 28.8 Å². The highest BCUT2D eigenvalue weighted by Crippen LogP contribution is 2.19. The molecule has 0 fully saturated rings. The highest BCUT2D eigenvalue weighted by Gasteiger charge is 2.10. The minimum Gasteiger partial charge on any atom is -0.492 e. The summed E-state index contributed by atoms with van der Waals surface area (Å²) in [6.45, 7) is 6.84. The molecule has 0 unspecified atom stereocenters. The average Bonchev–Trinajstić information content (AvgIpc) is 2.99. The van der Waals surface area contributed by atoms with Gasteiger partial charge in [0, 0.05) is 17.3 Å². The summed E-state index contributed by atoms with van der Waals surface area (Å²) in [6, 6.07) is 17.8. The fraction of sp³-hybridized carbons (Fsp3) is 0.217. The van der Waals surface area contributed by atoms with Gasteiger partial charge in [0.25, 0.3) is 0 Å². The normalized spacial score (nSPS) is 11.0. The summed E-state index contributed by atoms with van der Waals surface area (Å²) >= 11 is 0. The summed E-state index contributed by atoms with van der Waals surface area (Å²) in [4.78, 5) is 12.1. The van der Waals surface area contributed by atoms with Crippen molar-refractivity contribution in [2.45, 2.75) is 20.8 Å². The number of nitrogens with one attached hydrogen (secondary N) is 1. The first kappa shape index (κ1) is 19.4. The van der Waals surface area contributed by atoms with Crippen molar-refractivity contribution < 1.29 is 9.53 Å². The van der Waals surface area contributed by atoms with Crippen LogP contribution in [0.15, 0.2) is 60.7 Å². The number of amides is 1. The van der Waals surface area contributed by atoms with Crippen LogP contribution < -0.4 is 10.1 Å². The summed E-state index contributed by atoms with van der Waals surface area (Å²) in [5.41, 5.74) is 5.02. The van der Waals surface area contributed by atoms with Gasteiger partial charge < -0.3 is 10.1 Å². The van der Waals surface area contributed by atoms with Gasteiger partial charge in [-0.3, -0.25) is 4.79 Å². The Bertz CT molecular complexity index is 958. The molecule has 0 aliphatic carbocycles. The molecule has 1 N–H and O–H groups in total. The molecule has 0 bridgehead atoms. The zero-order valence-corrected chi connectivity index (χ0v) is 16.5. The predicted molar refractivity (Wildman–Crippen MR) is 112 cm³/mol. The number of carbonyl (C=O) groups excluding carboxylic acids is 1. The third kappa shape index (κ3) is 4.88. The van der Waals surface area contributed by atoms with E-state index in [1.54, 1.807) is 0 Å². The van der Waals surface area contributed by atoms with E-state index >= 15 is 0 Å². The van der Waals surface area contributed by atoms with Crippen LogP contribution in [0.2, 0.25) is 0 Å². The van der Waals surface area contributed by atoms with E-state index in [1.807, 2.05) is 86.1 Å². The topological polar surface area (TPSA) is 56.1 Å². The molecule has 28 heavy (non-hydrogen) atoms. The van der Waals surface area contributed by atoms with Gasteiger partial charge in [0.15, 0.2) is 0 Å². The van der Waals surface area contributed by atoms with Crippen molar-refractivity contribution in [2.24, 2.45) is 0 Å². The zero-order chi connectivity index (χ0) is 19.9. The monoisotopic (exact) mass is 375 g/mol. The second-order valence-electron chi connectivity index (χ2n) is 6.62. The number of rotatable bonds is 7. The van der Waals surface area contributed by atoms with E-state index in [-0.39, 0.29) is 5.91 Å². The maximum atomic E-state index is 12.1. The summed E-state index contributed by atoms with van der Waals surface area (Å²) in [6.07, 6.45) is 3.35. The van der Waals surface area contributed by atoms with Crippen molar-refractivity contribution in [3.05, 3.63) is 83.2 Å². The molecular weight excluding hydrogens is 350 g/mol. The van der Waals surface area contributed by atoms with Crippen LogP contribution in [0.3, 0.4) is 0 Å². The number of hydrogen-bond acceptors (Lipinski definition) is 3. The number of para-hydroxylation sites is 1. The Balaban J connectivity index is 1.54. The fourth-order valence-electron chi connectivity index (χ4n) is 2.91. The molecule has 0 atom stereocenters. The van der Waals surface area contributed by atoms with E-state index in [1.165, 1.54) is 11.6 Å². The molecule has 3 rings (SSSR count). The van der Waals surface area contributed by atoms with E-state index < -0.39 is 0 Å². The third-order valence-electron chi connectivity index (χ3n) is 4.44. The Morgan fingerprint density at radius 3 is 2.50 bits per heavy atom. The van der Waals surface area contributed by atoms with Crippen LogP contribution in [0.4, 0.5) is 0 Å². The van der Waals surface area contributed by atoms with Crippen molar-refractivity contribution in [2.75, 3.05) is 13.2 Å². The Morgan fingerprint density at radius 1 is 1.07 bits per heavy atom. The lowest BCUT2D eigenvalue weighted by molar-refractivity contribution is -0.116. The lowest BCUT2D eigenvalue weighted by Crippen LogP contribution is -2.26. The minimum absolute atomic E-state index is 0.154. The first-order chi connectivity index (χ1) is 13.5. The summed E-state index contributed by atoms with van der Waals surface area (Å²) in [7, 11) is 0. The number of nitrogens with zero attached hydrogens (tertiary/aromatic N) is 2. The molecule has 1 heterocycles. The average molecular weight is 375 g/mol. The van der Waals surface area contributed by atoms with Gasteiger partial charge in [-0.25, -0.2) is 4.68 Å². The van der Waals surface area contributed by atoms with Gasteiger partial charge in [-0.2, -0.15) is 5.10 Å². The molecule has 1 aromatic heterocycles. The number of hydrogen-bond donors (Lipinski definition) is 1. The SMILES string of the molecule is Cc1ccc(OCCNC(=O)C=Cc2c(C)nn(-c3ccccc3)c2C)cc1. The van der Waals surface area contributed by atoms with Crippen molar-refractivity contribution >= 4 is 12.0 Å². The van der Waals surface area contributed by atoms with Gasteiger partial charge in [0.1, 0.15) is 12.4 Å². The second-order valence-corrected chi connectivity index (χ2v) is 6.62. The molecule has 144 valence electrons. The number of aromatic nitrogens is 2. The van der Waals surface area contributed by atoms with Crippen molar-refractivity contribution in [3.63, 3.8) is 0 Å². The summed E-state index contributed by atoms with van der Waals surface area (Å²) in [5, 5.41) is 7.42. The Kier molecular flexibility index (Phi) is 6.27. The first-order valence-electron chi connectivity index (χ1n) is 9.31. The van der Waals surface area contributed by atoms with Crippen LogP contribution >= 0.6 is 0 Å². The molecule has 0 radical (unpaired) electrons. The maximum absolute atomic E-state index is 12.1. The zero-order valence-electron chi connectivity index (χ0n) is 16.5. The standard InChI is InChI=1S/C23H25N3O2/c1-17-9-11-21(12-10-17)28-16-15-24-23(27)14-13-22-18(2)25-26(19(22)3)20-7-5-4-6-8-20/h4-14H,15-16H2,1-3H3,(H,24,27). The van der Waals surface area contributed by atoms with Gasteiger partial charge in [-0.1, -0.05) is 35.9 Å². The molecule has 0 spiro atoms. The van der Waals surface area contributed by atoms with Crippen LogP contribution in [0.1, 0.15) is 22.5 Å². The van der Waals surface area contributed by atoms with Crippen LogP contribution in [0.25, 0.3) is 11.8 Å². The lowest BCUT2D eigenvalue weighted by Gasteiger charge is -2.06. The van der Waals surface area contributed by atoms with E-state index in [2.05, 4.69) is 10.4 Å². The summed E-state index contributed by atoms with van der Waals surface area (Å²) in [5.74, 6) is 0.647. The van der Waals surface area contributed by atoms with E-state index in [0.29, 0.717) is 13.2 Å². The van der Waals surface area contributed by atoms with Gasteiger partial charge in [0.05, 0.1) is 17.9 Å². The van der Waals surface area contributed by atoms with Gasteiger partial charge in [-0.15, -0.1) is 0 Å². The van der Waals surface area contributed by atoms with Gasteiger partial charge >= 0.3 is 0 Å². The Morgan fingerprint density at radius 2 is 1.79 bits per heavy atom. The number of benzene rings is 2. The van der Waals surface area contributed by atoms with Crippen LogP contribution in [0.5, 0.6) is 5.75 Å². The van der Waals surface area contributed by atoms with Crippen molar-refractivity contribution in [1.82, 2.24) is 15.1 Å². The van der Waals surface area contributed by atoms with E-state index in [9.17, 15) is 4.79 Å². The van der Waals surface area contributed by atoms with E-state index in [0.717, 1.165) is 28.4 Å². The molecule has 0 aliphatic heterocycles. The Hall–Kier alpha value is -3.34. The van der Waals surface area contributed by atoms with Crippen molar-refractivity contribution in [1.29, 1.82) is 0 Å². The highest BCUT2D eigenvalue weighted by molar-refractivity contribution is 5.92.